The van der Waals surface area contributed by atoms with Crippen molar-refractivity contribution in [1.82, 2.24) is 9.55 Å². The molecular weight excluding hydrogens is 270 g/mol. The molecule has 1 aromatic heterocycles. The van der Waals surface area contributed by atoms with Crippen molar-refractivity contribution in [3.05, 3.63) is 22.7 Å². The van der Waals surface area contributed by atoms with Crippen LogP contribution < -0.4 is 11.4 Å². The molecule has 3 heterocycles. The number of hydrogen-bond donors (Lipinski definition) is 3. The van der Waals surface area contributed by atoms with Gasteiger partial charge >= 0.3 is 5.69 Å². The number of fused-ring (bicyclic) bond motifs is 2. The number of aromatic nitrogens is 2. The van der Waals surface area contributed by atoms with Gasteiger partial charge < -0.3 is 30.2 Å². The van der Waals surface area contributed by atoms with Crippen LogP contribution in [0.1, 0.15) is 6.23 Å². The topological polar surface area (TPSA) is 129 Å². The van der Waals surface area contributed by atoms with Gasteiger partial charge in [0, 0.05) is 6.20 Å². The molecule has 20 heavy (non-hydrogen) atoms. The van der Waals surface area contributed by atoms with Gasteiger partial charge in [-0.3, -0.25) is 4.57 Å². The van der Waals surface area contributed by atoms with E-state index in [-0.39, 0.29) is 19.2 Å². The fraction of sp³-hybridized carbons (Fsp3) is 0.636. The van der Waals surface area contributed by atoms with E-state index in [2.05, 4.69) is 4.98 Å². The molecule has 4 atom stereocenters. The van der Waals surface area contributed by atoms with Gasteiger partial charge in [0.05, 0.1) is 13.2 Å². The van der Waals surface area contributed by atoms with Crippen molar-refractivity contribution in [2.75, 3.05) is 25.7 Å². The van der Waals surface area contributed by atoms with Crippen molar-refractivity contribution in [2.24, 2.45) is 0 Å². The fourth-order valence-corrected chi connectivity index (χ4v) is 2.48. The molecule has 2 unspecified atom stereocenters. The van der Waals surface area contributed by atoms with Gasteiger partial charge in [0.1, 0.15) is 30.4 Å². The molecule has 0 spiro atoms. The van der Waals surface area contributed by atoms with Crippen LogP contribution in [0.15, 0.2) is 17.1 Å². The smallest absolute Gasteiger partial charge is 0.351 e. The third-order valence-corrected chi connectivity index (χ3v) is 3.57. The lowest BCUT2D eigenvalue weighted by molar-refractivity contribution is -0.199. The maximum Gasteiger partial charge on any atom is 0.351 e. The Balaban J connectivity index is 2.01. The van der Waals surface area contributed by atoms with E-state index in [4.69, 9.17) is 19.9 Å². The molecule has 2 saturated heterocycles. The van der Waals surface area contributed by atoms with E-state index < -0.39 is 36.3 Å². The van der Waals surface area contributed by atoms with Crippen molar-refractivity contribution >= 4 is 5.82 Å². The van der Waals surface area contributed by atoms with E-state index in [1.807, 2.05) is 0 Å². The minimum absolute atomic E-state index is 0.0329. The first-order valence-corrected chi connectivity index (χ1v) is 6.08. The van der Waals surface area contributed by atoms with Gasteiger partial charge in [-0.2, -0.15) is 4.98 Å². The van der Waals surface area contributed by atoms with Crippen molar-refractivity contribution in [2.45, 2.75) is 24.0 Å². The van der Waals surface area contributed by atoms with Crippen molar-refractivity contribution in [3.8, 4) is 0 Å². The number of aliphatic hydroxyl groups excluding tert-OH is 2. The van der Waals surface area contributed by atoms with Crippen LogP contribution in [0.3, 0.4) is 0 Å². The summed E-state index contributed by atoms with van der Waals surface area (Å²) in [7, 11) is 0. The number of nitrogen functional groups attached to an aromatic ring is 1. The third-order valence-electron chi connectivity index (χ3n) is 3.57. The summed E-state index contributed by atoms with van der Waals surface area (Å²) >= 11 is 0. The summed E-state index contributed by atoms with van der Waals surface area (Å²) in [6.45, 7) is -0.545. The lowest BCUT2D eigenvalue weighted by atomic mass is 9.97. The van der Waals surface area contributed by atoms with E-state index in [1.54, 1.807) is 0 Å². The van der Waals surface area contributed by atoms with Crippen LogP contribution in [0, 0.1) is 0 Å². The lowest BCUT2D eigenvalue weighted by Gasteiger charge is -2.28. The first-order valence-electron chi connectivity index (χ1n) is 6.08. The molecule has 0 amide bonds. The molecule has 9 nitrogen and oxygen atoms in total. The number of nitrogens with two attached hydrogens (primary N) is 1. The van der Waals surface area contributed by atoms with Crippen LogP contribution in [0.4, 0.5) is 5.82 Å². The summed E-state index contributed by atoms with van der Waals surface area (Å²) in [5.74, 6) is 0.0890. The minimum Gasteiger partial charge on any atom is -0.393 e. The average Bonchev–Trinajstić information content (AvgIpc) is 2.56. The molecule has 4 N–H and O–H groups in total. The summed E-state index contributed by atoms with van der Waals surface area (Å²) in [5.41, 5.74) is 3.50. The predicted molar refractivity (Wildman–Crippen MR) is 64.5 cm³/mol. The second kappa shape index (κ2) is 4.79. The number of rotatable bonds is 2. The molecule has 9 heteroatoms. The Morgan fingerprint density at radius 2 is 2.40 bits per heavy atom. The predicted octanol–water partition coefficient (Wildman–Crippen LogP) is -2.18. The normalized spacial score (nSPS) is 36.8. The summed E-state index contributed by atoms with van der Waals surface area (Å²) in [6.07, 6.45) is -1.45. The molecule has 0 aliphatic carbocycles. The zero-order valence-corrected chi connectivity index (χ0v) is 10.5. The largest absolute Gasteiger partial charge is 0.393 e. The third kappa shape index (κ3) is 1.91. The second-order valence-electron chi connectivity index (χ2n) is 4.82. The Hall–Kier alpha value is -1.52. The Labute approximate surface area is 113 Å². The highest BCUT2D eigenvalue weighted by Gasteiger charge is 2.57. The number of aliphatic hydroxyl groups is 2. The Kier molecular flexibility index (Phi) is 3.22. The molecular formula is C11H15N3O6. The molecule has 110 valence electrons. The van der Waals surface area contributed by atoms with Gasteiger partial charge in [-0.05, 0) is 6.07 Å². The van der Waals surface area contributed by atoms with Crippen LogP contribution in [0.25, 0.3) is 0 Å². The van der Waals surface area contributed by atoms with Crippen LogP contribution in [0.5, 0.6) is 0 Å². The number of nitrogens with zero attached hydrogens (tertiary/aromatic N) is 2. The molecule has 2 fully saturated rings. The zero-order valence-electron chi connectivity index (χ0n) is 10.5. The summed E-state index contributed by atoms with van der Waals surface area (Å²) in [6, 6.07) is 1.44. The van der Waals surface area contributed by atoms with Gasteiger partial charge in [-0.15, -0.1) is 0 Å². The molecule has 1 aromatic rings. The Bertz CT molecular complexity index is 563. The minimum atomic E-state index is -1.31. The molecule has 0 aromatic carbocycles. The van der Waals surface area contributed by atoms with Gasteiger partial charge in [0.2, 0.25) is 0 Å². The second-order valence-corrected chi connectivity index (χ2v) is 4.82. The van der Waals surface area contributed by atoms with Gasteiger partial charge in [0.25, 0.3) is 0 Å². The Morgan fingerprint density at radius 1 is 1.60 bits per heavy atom. The first kappa shape index (κ1) is 13.5. The summed E-state index contributed by atoms with van der Waals surface area (Å²) in [4.78, 5) is 15.5. The standard InChI is InChI=1S/C11H15N3O6/c12-6-1-2-14(10(17)13-6)9-7-8(16)11(3-15,20-9)4-18-5-19-7/h1-2,7-9,15-16H,3-5H2,(H2,12,13,17)/t7?,8?,9-,11+/m1/s1. The maximum atomic E-state index is 11.9. The monoisotopic (exact) mass is 285 g/mol. The zero-order chi connectivity index (χ0) is 14.3. The van der Waals surface area contributed by atoms with E-state index >= 15 is 0 Å². The van der Waals surface area contributed by atoms with Gasteiger partial charge in [-0.1, -0.05) is 0 Å². The summed E-state index contributed by atoms with van der Waals surface area (Å²) < 4.78 is 17.3. The maximum absolute atomic E-state index is 11.9. The quantitative estimate of drug-likeness (QED) is 0.559. The average molecular weight is 285 g/mol. The molecule has 2 bridgehead atoms. The van der Waals surface area contributed by atoms with E-state index in [0.717, 1.165) is 0 Å². The fourth-order valence-electron chi connectivity index (χ4n) is 2.48. The van der Waals surface area contributed by atoms with E-state index in [9.17, 15) is 15.0 Å². The highest BCUT2D eigenvalue weighted by molar-refractivity contribution is 5.23. The van der Waals surface area contributed by atoms with Crippen LogP contribution in [-0.4, -0.2) is 57.6 Å². The van der Waals surface area contributed by atoms with Crippen molar-refractivity contribution in [3.63, 3.8) is 0 Å². The van der Waals surface area contributed by atoms with E-state index in [1.165, 1.54) is 16.8 Å². The van der Waals surface area contributed by atoms with Crippen LogP contribution in [-0.2, 0) is 14.2 Å². The molecule has 2 aliphatic rings. The number of hydrogen-bond acceptors (Lipinski definition) is 8. The van der Waals surface area contributed by atoms with Crippen molar-refractivity contribution in [1.29, 1.82) is 0 Å². The first-order chi connectivity index (χ1) is 9.57. The van der Waals surface area contributed by atoms with Gasteiger partial charge in [-0.25, -0.2) is 4.79 Å². The van der Waals surface area contributed by atoms with Crippen molar-refractivity contribution < 1.29 is 24.4 Å². The van der Waals surface area contributed by atoms with E-state index in [0.29, 0.717) is 0 Å². The highest BCUT2D eigenvalue weighted by atomic mass is 16.7. The molecule has 2 aliphatic heterocycles. The lowest BCUT2D eigenvalue weighted by Crippen LogP contribution is -2.48. The number of ether oxygens (including phenoxy) is 3. The van der Waals surface area contributed by atoms with Gasteiger partial charge in [0.15, 0.2) is 6.23 Å². The number of anilines is 1. The molecule has 0 radical (unpaired) electrons. The molecule has 0 saturated carbocycles. The molecule has 3 rings (SSSR count). The SMILES string of the molecule is Nc1ccn([C@@H]2O[C@@]3(CO)COCOC2C3O)c(=O)n1. The Morgan fingerprint density at radius 3 is 3.10 bits per heavy atom. The highest BCUT2D eigenvalue weighted by Crippen LogP contribution is 2.40. The summed E-state index contributed by atoms with van der Waals surface area (Å²) in [5, 5.41) is 19.8. The van der Waals surface area contributed by atoms with Crippen LogP contribution >= 0.6 is 0 Å². The van der Waals surface area contributed by atoms with Crippen LogP contribution in [0.2, 0.25) is 0 Å².